The third-order valence-corrected chi connectivity index (χ3v) is 4.93. The van der Waals surface area contributed by atoms with Crippen molar-refractivity contribution >= 4 is 17.7 Å². The van der Waals surface area contributed by atoms with Crippen LogP contribution in [0.5, 0.6) is 0 Å². The van der Waals surface area contributed by atoms with Gasteiger partial charge in [-0.05, 0) is 32.4 Å². The van der Waals surface area contributed by atoms with Crippen molar-refractivity contribution < 1.29 is 9.53 Å². The summed E-state index contributed by atoms with van der Waals surface area (Å²) in [5.41, 5.74) is -0.437. The average Bonchev–Trinajstić information content (AvgIpc) is 2.35. The Morgan fingerprint density at radius 3 is 2.78 bits per heavy atom. The second-order valence-electron chi connectivity index (χ2n) is 5.21. The van der Waals surface area contributed by atoms with E-state index in [-0.39, 0.29) is 11.2 Å². The van der Waals surface area contributed by atoms with Crippen molar-refractivity contribution in [1.82, 2.24) is 4.90 Å². The minimum absolute atomic E-state index is 0.0653. The fraction of sp³-hybridized carbons (Fsp3) is 0.500. The standard InChI is InChI=1S/C14H17NO2S/c1-14(2)15-11(8-9-17-14)12(13(15)16)18-10-6-4-3-5-7-10/h3-7,11-12H,8-9H2,1-2H3. The molecule has 2 saturated heterocycles. The van der Waals surface area contributed by atoms with E-state index in [0.29, 0.717) is 6.04 Å². The summed E-state index contributed by atoms with van der Waals surface area (Å²) >= 11 is 1.68. The fourth-order valence-corrected chi connectivity index (χ4v) is 3.97. The second kappa shape index (κ2) is 4.28. The lowest BCUT2D eigenvalue weighted by molar-refractivity contribution is -0.216. The predicted octanol–water partition coefficient (Wildman–Crippen LogP) is 2.51. The summed E-state index contributed by atoms with van der Waals surface area (Å²) in [4.78, 5) is 15.3. The molecule has 1 amide bonds. The molecular formula is C14H17NO2S. The van der Waals surface area contributed by atoms with Crippen LogP contribution in [0.25, 0.3) is 0 Å². The maximum Gasteiger partial charge on any atom is 0.240 e. The summed E-state index contributed by atoms with van der Waals surface area (Å²) in [6.07, 6.45) is 0.944. The van der Waals surface area contributed by atoms with E-state index in [1.807, 2.05) is 36.9 Å². The third-order valence-electron chi connectivity index (χ3n) is 3.62. The molecule has 2 aliphatic heterocycles. The molecule has 3 rings (SSSR count). The molecule has 1 aromatic rings. The first kappa shape index (κ1) is 12.1. The van der Waals surface area contributed by atoms with Gasteiger partial charge in [-0.1, -0.05) is 18.2 Å². The number of hydrogen-bond donors (Lipinski definition) is 0. The average molecular weight is 263 g/mol. The predicted molar refractivity (Wildman–Crippen MR) is 71.4 cm³/mol. The summed E-state index contributed by atoms with van der Waals surface area (Å²) in [6.45, 7) is 4.69. The quantitative estimate of drug-likeness (QED) is 0.768. The van der Waals surface area contributed by atoms with E-state index in [9.17, 15) is 4.79 Å². The van der Waals surface area contributed by atoms with Crippen LogP contribution in [-0.4, -0.2) is 34.4 Å². The lowest BCUT2D eigenvalue weighted by Crippen LogP contribution is -2.72. The van der Waals surface area contributed by atoms with E-state index >= 15 is 0 Å². The summed E-state index contributed by atoms with van der Waals surface area (Å²) < 4.78 is 5.66. The minimum Gasteiger partial charge on any atom is -0.356 e. The number of nitrogens with zero attached hydrogens (tertiary/aromatic N) is 1. The van der Waals surface area contributed by atoms with Crippen molar-refractivity contribution in [1.29, 1.82) is 0 Å². The molecule has 0 bridgehead atoms. The van der Waals surface area contributed by atoms with Gasteiger partial charge >= 0.3 is 0 Å². The number of amides is 1. The number of β-lactam (4-membered cyclic amide) rings is 1. The molecule has 0 radical (unpaired) electrons. The third kappa shape index (κ3) is 1.84. The lowest BCUT2D eigenvalue weighted by Gasteiger charge is -2.57. The summed E-state index contributed by atoms with van der Waals surface area (Å²) in [5.74, 6) is 0.207. The van der Waals surface area contributed by atoms with Crippen molar-refractivity contribution in [3.05, 3.63) is 30.3 Å². The molecule has 3 nitrogen and oxygen atoms in total. The fourth-order valence-electron chi connectivity index (χ4n) is 2.74. The van der Waals surface area contributed by atoms with Gasteiger partial charge in [0.25, 0.3) is 0 Å². The number of thioether (sulfide) groups is 1. The molecule has 0 aliphatic carbocycles. The lowest BCUT2D eigenvalue weighted by atomic mass is 9.92. The first-order chi connectivity index (χ1) is 8.59. The van der Waals surface area contributed by atoms with Crippen molar-refractivity contribution in [2.45, 2.75) is 42.2 Å². The SMILES string of the molecule is CC1(C)OCCC2C(Sc3ccccc3)C(=O)N21. The molecule has 2 unspecified atom stereocenters. The minimum atomic E-state index is -0.437. The maximum absolute atomic E-state index is 12.2. The van der Waals surface area contributed by atoms with Crippen LogP contribution in [-0.2, 0) is 9.53 Å². The summed E-state index contributed by atoms with van der Waals surface area (Å²) in [6, 6.07) is 10.5. The van der Waals surface area contributed by atoms with Gasteiger partial charge in [-0.2, -0.15) is 0 Å². The Morgan fingerprint density at radius 1 is 1.33 bits per heavy atom. The van der Waals surface area contributed by atoms with Gasteiger partial charge in [-0.3, -0.25) is 4.79 Å². The molecule has 18 heavy (non-hydrogen) atoms. The number of carbonyl (C=O) groups excluding carboxylic acids is 1. The van der Waals surface area contributed by atoms with Crippen LogP contribution in [0.4, 0.5) is 0 Å². The number of benzene rings is 1. The smallest absolute Gasteiger partial charge is 0.240 e. The van der Waals surface area contributed by atoms with Gasteiger partial charge < -0.3 is 9.64 Å². The molecule has 2 heterocycles. The van der Waals surface area contributed by atoms with Gasteiger partial charge in [0.15, 0.2) is 0 Å². The highest BCUT2D eigenvalue weighted by atomic mass is 32.2. The van der Waals surface area contributed by atoms with E-state index in [0.717, 1.165) is 13.0 Å². The summed E-state index contributed by atoms with van der Waals surface area (Å²) in [5, 5.41) is 0.0653. The zero-order valence-corrected chi connectivity index (χ0v) is 11.4. The number of rotatable bonds is 2. The highest BCUT2D eigenvalue weighted by Crippen LogP contribution is 2.43. The van der Waals surface area contributed by atoms with Crippen LogP contribution in [0.3, 0.4) is 0 Å². The number of carbonyl (C=O) groups is 1. The first-order valence-electron chi connectivity index (χ1n) is 6.28. The van der Waals surface area contributed by atoms with Crippen molar-refractivity contribution in [2.75, 3.05) is 6.61 Å². The Labute approximate surface area is 111 Å². The van der Waals surface area contributed by atoms with Crippen LogP contribution in [0.15, 0.2) is 35.2 Å². The van der Waals surface area contributed by atoms with Gasteiger partial charge in [-0.15, -0.1) is 11.8 Å². The topological polar surface area (TPSA) is 29.5 Å². The molecule has 1 aromatic carbocycles. The molecule has 0 saturated carbocycles. The van der Waals surface area contributed by atoms with Gasteiger partial charge in [0.2, 0.25) is 5.91 Å². The van der Waals surface area contributed by atoms with E-state index in [2.05, 4.69) is 12.1 Å². The second-order valence-corrected chi connectivity index (χ2v) is 6.43. The molecule has 0 spiro atoms. The first-order valence-corrected chi connectivity index (χ1v) is 7.16. The Kier molecular flexibility index (Phi) is 2.87. The van der Waals surface area contributed by atoms with Crippen molar-refractivity contribution in [2.24, 2.45) is 0 Å². The van der Waals surface area contributed by atoms with E-state index in [4.69, 9.17) is 4.74 Å². The highest BCUT2D eigenvalue weighted by molar-refractivity contribution is 8.00. The molecular weight excluding hydrogens is 246 g/mol. The zero-order valence-electron chi connectivity index (χ0n) is 10.6. The van der Waals surface area contributed by atoms with E-state index in [1.54, 1.807) is 11.8 Å². The maximum atomic E-state index is 12.2. The molecule has 2 atom stereocenters. The van der Waals surface area contributed by atoms with Gasteiger partial charge in [0.1, 0.15) is 11.0 Å². The van der Waals surface area contributed by atoms with Crippen molar-refractivity contribution in [3.8, 4) is 0 Å². The van der Waals surface area contributed by atoms with Crippen LogP contribution in [0.1, 0.15) is 20.3 Å². The molecule has 2 aliphatic rings. The molecule has 96 valence electrons. The Bertz CT molecular complexity index is 460. The van der Waals surface area contributed by atoms with Gasteiger partial charge in [0, 0.05) is 4.90 Å². The Hall–Kier alpha value is -1.00. The molecule has 2 fully saturated rings. The van der Waals surface area contributed by atoms with Gasteiger partial charge in [-0.25, -0.2) is 0 Å². The zero-order chi connectivity index (χ0) is 12.8. The Morgan fingerprint density at radius 2 is 2.06 bits per heavy atom. The van der Waals surface area contributed by atoms with Crippen molar-refractivity contribution in [3.63, 3.8) is 0 Å². The summed E-state index contributed by atoms with van der Waals surface area (Å²) in [7, 11) is 0. The molecule has 0 N–H and O–H groups in total. The monoisotopic (exact) mass is 263 g/mol. The van der Waals surface area contributed by atoms with Crippen LogP contribution >= 0.6 is 11.8 Å². The van der Waals surface area contributed by atoms with Crippen LogP contribution in [0, 0.1) is 0 Å². The molecule has 4 heteroatoms. The number of hydrogen-bond acceptors (Lipinski definition) is 3. The number of fused-ring (bicyclic) bond motifs is 1. The van der Waals surface area contributed by atoms with E-state index in [1.165, 1.54) is 4.90 Å². The highest BCUT2D eigenvalue weighted by Gasteiger charge is 2.55. The van der Waals surface area contributed by atoms with Gasteiger partial charge in [0.05, 0.1) is 12.6 Å². The van der Waals surface area contributed by atoms with E-state index < -0.39 is 5.72 Å². The normalized spacial score (nSPS) is 29.7. The van der Waals surface area contributed by atoms with Crippen LogP contribution < -0.4 is 0 Å². The largest absolute Gasteiger partial charge is 0.356 e. The van der Waals surface area contributed by atoms with Crippen LogP contribution in [0.2, 0.25) is 0 Å². The Balaban J connectivity index is 1.75. The molecule has 0 aromatic heterocycles. The number of ether oxygens (including phenoxy) is 1.